The van der Waals surface area contributed by atoms with E-state index in [0.717, 1.165) is 10.6 Å². The molecule has 0 aliphatic heterocycles. The Morgan fingerprint density at radius 2 is 1.64 bits per heavy atom. The zero-order valence-electron chi connectivity index (χ0n) is 18.1. The zero-order chi connectivity index (χ0) is 24.2. The number of methoxy groups -OCH3 is 2. The molecular formula is C23H22ClFN2O5S. The van der Waals surface area contributed by atoms with Gasteiger partial charge in [0.1, 0.15) is 17.3 Å². The van der Waals surface area contributed by atoms with E-state index in [-0.39, 0.29) is 17.8 Å². The van der Waals surface area contributed by atoms with Crippen LogP contribution in [0.25, 0.3) is 0 Å². The van der Waals surface area contributed by atoms with Gasteiger partial charge in [-0.2, -0.15) is 0 Å². The van der Waals surface area contributed by atoms with Crippen LogP contribution in [0, 0.1) is 5.82 Å². The highest BCUT2D eigenvalue weighted by atomic mass is 35.5. The molecule has 0 radical (unpaired) electrons. The Labute approximate surface area is 196 Å². The van der Waals surface area contributed by atoms with Crippen LogP contribution in [0.2, 0.25) is 5.02 Å². The highest BCUT2D eigenvalue weighted by Crippen LogP contribution is 2.29. The first-order chi connectivity index (χ1) is 15.6. The van der Waals surface area contributed by atoms with Crippen LogP contribution in [-0.2, 0) is 16.6 Å². The average molecular weight is 493 g/mol. The van der Waals surface area contributed by atoms with Gasteiger partial charge in [0.2, 0.25) is 10.0 Å². The highest BCUT2D eigenvalue weighted by Gasteiger charge is 2.21. The minimum Gasteiger partial charge on any atom is -0.496 e. The monoisotopic (exact) mass is 492 g/mol. The molecule has 3 aromatic carbocycles. The lowest BCUT2D eigenvalue weighted by atomic mass is 10.1. The Kier molecular flexibility index (Phi) is 7.45. The average Bonchev–Trinajstić information content (AvgIpc) is 2.77. The first-order valence-corrected chi connectivity index (χ1v) is 11.9. The van der Waals surface area contributed by atoms with E-state index < -0.39 is 21.7 Å². The lowest BCUT2D eigenvalue weighted by Gasteiger charge is -2.24. The molecule has 174 valence electrons. The topological polar surface area (TPSA) is 84.9 Å². The van der Waals surface area contributed by atoms with Crippen LogP contribution in [0.5, 0.6) is 11.5 Å². The largest absolute Gasteiger partial charge is 0.496 e. The predicted molar refractivity (Wildman–Crippen MR) is 126 cm³/mol. The molecule has 0 atom stereocenters. The number of anilines is 2. The Bertz CT molecular complexity index is 1270. The number of halogens is 2. The number of hydrogen-bond acceptors (Lipinski definition) is 5. The minimum absolute atomic E-state index is 0.122. The van der Waals surface area contributed by atoms with Crippen molar-refractivity contribution in [2.24, 2.45) is 0 Å². The van der Waals surface area contributed by atoms with Crippen molar-refractivity contribution in [1.82, 2.24) is 0 Å². The molecule has 0 heterocycles. The number of carbonyl (C=O) groups excluding carboxylic acids is 1. The summed E-state index contributed by atoms with van der Waals surface area (Å²) in [7, 11) is -0.784. The Hall–Kier alpha value is -3.30. The van der Waals surface area contributed by atoms with Crippen molar-refractivity contribution in [3.63, 3.8) is 0 Å². The Morgan fingerprint density at radius 3 is 2.21 bits per heavy atom. The molecule has 3 aromatic rings. The van der Waals surface area contributed by atoms with Gasteiger partial charge in [0.15, 0.2) is 0 Å². The highest BCUT2D eigenvalue weighted by molar-refractivity contribution is 7.92. The molecule has 0 saturated carbocycles. The molecule has 1 amide bonds. The fourth-order valence-corrected chi connectivity index (χ4v) is 4.29. The number of nitrogens with zero attached hydrogens (tertiary/aromatic N) is 1. The Balaban J connectivity index is 1.91. The van der Waals surface area contributed by atoms with Crippen molar-refractivity contribution in [2.45, 2.75) is 6.54 Å². The SMILES string of the molecule is COc1ccc(NC(=O)c2ccc(OC)c(CN(c3ccc(F)cc3)S(C)(=O)=O)c2)cc1Cl. The number of ether oxygens (including phenoxy) is 2. The van der Waals surface area contributed by atoms with Crippen molar-refractivity contribution < 1.29 is 27.1 Å². The van der Waals surface area contributed by atoms with E-state index in [1.54, 1.807) is 36.4 Å². The molecule has 0 aliphatic carbocycles. The summed E-state index contributed by atoms with van der Waals surface area (Å²) in [5.74, 6) is -0.0345. The van der Waals surface area contributed by atoms with Gasteiger partial charge in [0.25, 0.3) is 5.91 Å². The van der Waals surface area contributed by atoms with E-state index in [1.807, 2.05) is 0 Å². The maximum absolute atomic E-state index is 13.3. The second-order valence-corrected chi connectivity index (χ2v) is 9.39. The summed E-state index contributed by atoms with van der Waals surface area (Å²) < 4.78 is 49.8. The third-order valence-corrected chi connectivity index (χ3v) is 6.22. The number of benzene rings is 3. The number of carbonyl (C=O) groups is 1. The van der Waals surface area contributed by atoms with E-state index in [9.17, 15) is 17.6 Å². The number of nitrogens with one attached hydrogen (secondary N) is 1. The molecule has 0 aromatic heterocycles. The van der Waals surface area contributed by atoms with Crippen molar-refractivity contribution in [2.75, 3.05) is 30.1 Å². The zero-order valence-corrected chi connectivity index (χ0v) is 19.7. The number of amides is 1. The number of rotatable bonds is 8. The van der Waals surface area contributed by atoms with Crippen LogP contribution in [0.3, 0.4) is 0 Å². The summed E-state index contributed by atoms with van der Waals surface area (Å²) in [6.07, 6.45) is 1.05. The summed E-state index contributed by atoms with van der Waals surface area (Å²) >= 11 is 6.11. The van der Waals surface area contributed by atoms with Gasteiger partial charge < -0.3 is 14.8 Å². The summed E-state index contributed by atoms with van der Waals surface area (Å²) in [5, 5.41) is 3.08. The summed E-state index contributed by atoms with van der Waals surface area (Å²) in [5.41, 5.74) is 1.48. The van der Waals surface area contributed by atoms with E-state index in [2.05, 4.69) is 5.32 Å². The minimum atomic E-state index is -3.72. The predicted octanol–water partition coefficient (Wildman–Crippen LogP) is 4.71. The molecule has 0 aliphatic rings. The molecule has 0 bridgehead atoms. The van der Waals surface area contributed by atoms with Crippen LogP contribution in [0.1, 0.15) is 15.9 Å². The van der Waals surface area contributed by atoms with Crippen LogP contribution >= 0.6 is 11.6 Å². The van der Waals surface area contributed by atoms with E-state index >= 15 is 0 Å². The first kappa shape index (κ1) is 24.3. The molecule has 0 fully saturated rings. The molecule has 7 nitrogen and oxygen atoms in total. The summed E-state index contributed by atoms with van der Waals surface area (Å²) in [6, 6.07) is 14.6. The third kappa shape index (κ3) is 5.94. The molecule has 1 N–H and O–H groups in total. The Morgan fingerprint density at radius 1 is 1.00 bits per heavy atom. The number of sulfonamides is 1. The van der Waals surface area contributed by atoms with Crippen molar-refractivity contribution in [3.05, 3.63) is 82.6 Å². The van der Waals surface area contributed by atoms with Gasteiger partial charge in [-0.05, 0) is 60.7 Å². The van der Waals surface area contributed by atoms with Crippen LogP contribution in [-0.4, -0.2) is 34.8 Å². The second kappa shape index (κ2) is 10.1. The molecule has 0 unspecified atom stereocenters. The van der Waals surface area contributed by atoms with Crippen LogP contribution in [0.4, 0.5) is 15.8 Å². The normalized spacial score (nSPS) is 11.1. The van der Waals surface area contributed by atoms with Crippen molar-refractivity contribution in [1.29, 1.82) is 0 Å². The van der Waals surface area contributed by atoms with Gasteiger partial charge in [0.05, 0.1) is 37.7 Å². The molecule has 3 rings (SSSR count). The third-order valence-electron chi connectivity index (χ3n) is 4.78. The fourth-order valence-electron chi connectivity index (χ4n) is 3.15. The molecule has 33 heavy (non-hydrogen) atoms. The van der Waals surface area contributed by atoms with E-state index in [4.69, 9.17) is 21.1 Å². The van der Waals surface area contributed by atoms with Gasteiger partial charge >= 0.3 is 0 Å². The molecule has 0 spiro atoms. The molecule has 0 saturated heterocycles. The fraction of sp³-hybridized carbons (Fsp3) is 0.174. The standard InChI is InChI=1S/C23H22ClFN2O5S/c1-31-21-10-4-15(23(28)26-18-7-11-22(32-2)20(24)13-18)12-16(21)14-27(33(3,29)30)19-8-5-17(25)6-9-19/h4-13H,14H2,1-3H3,(H,26,28). The lowest BCUT2D eigenvalue weighted by Crippen LogP contribution is -2.29. The molecule has 10 heteroatoms. The van der Waals surface area contributed by atoms with Gasteiger partial charge in [-0.15, -0.1) is 0 Å². The maximum atomic E-state index is 13.3. The maximum Gasteiger partial charge on any atom is 0.255 e. The molecular weight excluding hydrogens is 471 g/mol. The van der Waals surface area contributed by atoms with Gasteiger partial charge in [-0.25, -0.2) is 12.8 Å². The van der Waals surface area contributed by atoms with Gasteiger partial charge in [-0.3, -0.25) is 9.10 Å². The van der Waals surface area contributed by atoms with Crippen molar-refractivity contribution >= 4 is 38.9 Å². The summed E-state index contributed by atoms with van der Waals surface area (Å²) in [6.45, 7) is -0.122. The van der Waals surface area contributed by atoms with Gasteiger partial charge in [0, 0.05) is 16.8 Å². The lowest BCUT2D eigenvalue weighted by molar-refractivity contribution is 0.102. The number of hydrogen-bond donors (Lipinski definition) is 1. The quantitative estimate of drug-likeness (QED) is 0.492. The van der Waals surface area contributed by atoms with Gasteiger partial charge in [-0.1, -0.05) is 11.6 Å². The first-order valence-electron chi connectivity index (χ1n) is 9.67. The van der Waals surface area contributed by atoms with Crippen LogP contribution in [0.15, 0.2) is 60.7 Å². The van der Waals surface area contributed by atoms with E-state index in [0.29, 0.717) is 27.8 Å². The van der Waals surface area contributed by atoms with E-state index in [1.165, 1.54) is 38.5 Å². The van der Waals surface area contributed by atoms with Crippen LogP contribution < -0.4 is 19.1 Å². The smallest absolute Gasteiger partial charge is 0.255 e. The summed E-state index contributed by atoms with van der Waals surface area (Å²) in [4.78, 5) is 12.8. The second-order valence-electron chi connectivity index (χ2n) is 7.08. The van der Waals surface area contributed by atoms with Crippen molar-refractivity contribution in [3.8, 4) is 11.5 Å².